The van der Waals surface area contributed by atoms with Crippen molar-refractivity contribution in [2.24, 2.45) is 0 Å². The van der Waals surface area contributed by atoms with Gasteiger partial charge in [0.2, 0.25) is 5.91 Å². The van der Waals surface area contributed by atoms with Crippen LogP contribution in [0, 0.1) is 0 Å². The second kappa shape index (κ2) is 10.1. The molecular formula is C23H28N6O. The van der Waals surface area contributed by atoms with Crippen LogP contribution in [0.25, 0.3) is 17.1 Å². The molecule has 7 heteroatoms. The molecule has 0 bridgehead atoms. The number of hydrogen-bond acceptors (Lipinski definition) is 5. The number of carbonyl (C=O) groups is 1. The number of para-hydroxylation sites is 1. The van der Waals surface area contributed by atoms with E-state index in [-0.39, 0.29) is 5.91 Å². The molecule has 0 unspecified atom stereocenters. The highest BCUT2D eigenvalue weighted by Crippen LogP contribution is 2.25. The molecule has 0 atom stereocenters. The number of benzene rings is 1. The third kappa shape index (κ3) is 5.30. The predicted octanol–water partition coefficient (Wildman–Crippen LogP) is 3.07. The molecule has 1 aromatic carbocycles. The van der Waals surface area contributed by atoms with Gasteiger partial charge in [-0.2, -0.15) is 0 Å². The topological polar surface area (TPSA) is 75.9 Å². The largest absolute Gasteiger partial charge is 0.353 e. The smallest absolute Gasteiger partial charge is 0.243 e. The van der Waals surface area contributed by atoms with Crippen molar-refractivity contribution in [3.05, 3.63) is 60.4 Å². The third-order valence-corrected chi connectivity index (χ3v) is 5.59. The van der Waals surface area contributed by atoms with E-state index in [1.165, 1.54) is 0 Å². The summed E-state index contributed by atoms with van der Waals surface area (Å²) < 4.78 is 2.10. The molecule has 3 heterocycles. The fourth-order valence-corrected chi connectivity index (χ4v) is 3.92. The Morgan fingerprint density at radius 2 is 2.00 bits per heavy atom. The second-order valence-electron chi connectivity index (χ2n) is 7.71. The lowest BCUT2D eigenvalue weighted by Gasteiger charge is -2.32. The minimum Gasteiger partial charge on any atom is -0.353 e. The van der Waals surface area contributed by atoms with Gasteiger partial charge in [0.25, 0.3) is 0 Å². The average Bonchev–Trinajstić information content (AvgIpc) is 3.23. The van der Waals surface area contributed by atoms with Crippen LogP contribution in [0.1, 0.15) is 37.3 Å². The Balaban J connectivity index is 1.12. The van der Waals surface area contributed by atoms with Gasteiger partial charge in [-0.15, -0.1) is 5.10 Å². The lowest BCUT2D eigenvalue weighted by Crippen LogP contribution is -2.35. The van der Waals surface area contributed by atoms with E-state index < -0.39 is 0 Å². The summed E-state index contributed by atoms with van der Waals surface area (Å²) in [4.78, 5) is 18.4. The van der Waals surface area contributed by atoms with E-state index >= 15 is 0 Å². The first kappa shape index (κ1) is 20.2. The summed E-state index contributed by atoms with van der Waals surface area (Å²) in [6.45, 7) is 3.95. The van der Waals surface area contributed by atoms with Crippen LogP contribution in [0.2, 0.25) is 0 Å². The van der Waals surface area contributed by atoms with Crippen molar-refractivity contribution in [3.8, 4) is 0 Å². The Morgan fingerprint density at radius 3 is 2.83 bits per heavy atom. The quantitative estimate of drug-likeness (QED) is 0.461. The molecule has 3 aromatic rings. The van der Waals surface area contributed by atoms with Crippen molar-refractivity contribution in [1.82, 2.24) is 30.2 Å². The molecule has 0 aliphatic carbocycles. The average molecular weight is 405 g/mol. The molecule has 2 aromatic heterocycles. The number of rotatable bonds is 8. The fourth-order valence-electron chi connectivity index (χ4n) is 3.92. The number of hydrogen-bond donors (Lipinski definition) is 1. The van der Waals surface area contributed by atoms with Crippen LogP contribution in [0.5, 0.6) is 0 Å². The lowest BCUT2D eigenvalue weighted by atomic mass is 10.0. The summed E-state index contributed by atoms with van der Waals surface area (Å²) in [5.41, 5.74) is 3.02. The van der Waals surface area contributed by atoms with Crippen LogP contribution in [0.4, 0.5) is 0 Å². The molecule has 0 saturated carbocycles. The van der Waals surface area contributed by atoms with Gasteiger partial charge in [-0.3, -0.25) is 9.78 Å². The van der Waals surface area contributed by atoms with Crippen molar-refractivity contribution in [3.63, 3.8) is 0 Å². The van der Waals surface area contributed by atoms with Gasteiger partial charge in [-0.1, -0.05) is 23.4 Å². The van der Waals surface area contributed by atoms with E-state index in [1.54, 1.807) is 24.5 Å². The number of carbonyl (C=O) groups excluding carboxylic acids is 1. The molecular weight excluding hydrogens is 376 g/mol. The van der Waals surface area contributed by atoms with Gasteiger partial charge < -0.3 is 10.2 Å². The molecule has 7 nitrogen and oxygen atoms in total. The van der Waals surface area contributed by atoms with Crippen LogP contribution in [-0.2, 0) is 4.79 Å². The van der Waals surface area contributed by atoms with Crippen molar-refractivity contribution >= 4 is 23.0 Å². The minimum absolute atomic E-state index is 0.0558. The maximum atomic E-state index is 11.9. The highest BCUT2D eigenvalue weighted by molar-refractivity contribution is 5.91. The summed E-state index contributed by atoms with van der Waals surface area (Å²) >= 11 is 0. The molecule has 1 aliphatic heterocycles. The number of piperidine rings is 1. The van der Waals surface area contributed by atoms with Crippen molar-refractivity contribution in [2.75, 3.05) is 26.2 Å². The molecule has 0 spiro atoms. The Bertz CT molecular complexity index is 976. The third-order valence-electron chi connectivity index (χ3n) is 5.59. The number of unbranched alkanes of at least 4 members (excludes halogenated alkanes) is 1. The summed E-state index contributed by atoms with van der Waals surface area (Å²) in [6, 6.07) is 12.4. The summed E-state index contributed by atoms with van der Waals surface area (Å²) in [6.07, 6.45) is 11.1. The minimum atomic E-state index is -0.0558. The number of fused-ring (bicyclic) bond motifs is 1. The normalized spacial score (nSPS) is 15.7. The molecule has 1 fully saturated rings. The zero-order valence-corrected chi connectivity index (χ0v) is 17.2. The predicted molar refractivity (Wildman–Crippen MR) is 118 cm³/mol. The first-order chi connectivity index (χ1) is 14.8. The summed E-state index contributed by atoms with van der Waals surface area (Å²) in [7, 11) is 0. The first-order valence-corrected chi connectivity index (χ1v) is 10.7. The zero-order valence-electron chi connectivity index (χ0n) is 17.2. The van der Waals surface area contributed by atoms with Gasteiger partial charge in [0.05, 0.1) is 11.6 Å². The van der Waals surface area contributed by atoms with Crippen LogP contribution in [-0.4, -0.2) is 57.0 Å². The zero-order chi connectivity index (χ0) is 20.6. The van der Waals surface area contributed by atoms with Gasteiger partial charge in [0.15, 0.2) is 0 Å². The highest BCUT2D eigenvalue weighted by atomic mass is 16.1. The van der Waals surface area contributed by atoms with Crippen LogP contribution < -0.4 is 5.32 Å². The number of nitrogens with one attached hydrogen (secondary N) is 1. The van der Waals surface area contributed by atoms with Crippen molar-refractivity contribution in [1.29, 1.82) is 0 Å². The molecule has 4 rings (SSSR count). The monoisotopic (exact) mass is 404 g/mol. The first-order valence-electron chi connectivity index (χ1n) is 10.7. The summed E-state index contributed by atoms with van der Waals surface area (Å²) in [5.74, 6) is -0.0558. The van der Waals surface area contributed by atoms with Crippen LogP contribution >= 0.6 is 0 Å². The van der Waals surface area contributed by atoms with Crippen molar-refractivity contribution in [2.45, 2.75) is 31.7 Å². The summed E-state index contributed by atoms with van der Waals surface area (Å²) in [5, 5.41) is 11.6. The SMILES string of the molecule is O=C(C=Cc1cccnc1)NCCCCN1CCC(n2nnc3ccccc32)CC1. The van der Waals surface area contributed by atoms with Gasteiger partial charge in [0.1, 0.15) is 5.52 Å². The number of pyridine rings is 1. The standard InChI is InChI=1S/C23H28N6O/c30-23(10-9-19-6-5-13-24-18-19)25-14-3-4-15-28-16-11-20(12-17-28)29-22-8-2-1-7-21(22)26-27-29/h1-2,5-10,13,18,20H,3-4,11-12,14-17H2,(H,25,30). The maximum absolute atomic E-state index is 11.9. The molecule has 1 saturated heterocycles. The van der Waals surface area contributed by atoms with E-state index in [2.05, 4.69) is 36.3 Å². The Labute approximate surface area is 176 Å². The lowest BCUT2D eigenvalue weighted by molar-refractivity contribution is -0.116. The van der Waals surface area contributed by atoms with Crippen molar-refractivity contribution < 1.29 is 4.79 Å². The Hall–Kier alpha value is -3.06. The molecule has 1 N–H and O–H groups in total. The van der Waals surface area contributed by atoms with Crippen LogP contribution in [0.3, 0.4) is 0 Å². The second-order valence-corrected chi connectivity index (χ2v) is 7.71. The van der Waals surface area contributed by atoms with Gasteiger partial charge >= 0.3 is 0 Å². The van der Waals surface area contributed by atoms with Gasteiger partial charge in [-0.05, 0) is 62.1 Å². The molecule has 30 heavy (non-hydrogen) atoms. The molecule has 1 amide bonds. The maximum Gasteiger partial charge on any atom is 0.243 e. The van der Waals surface area contributed by atoms with E-state index in [0.717, 1.165) is 61.9 Å². The van der Waals surface area contributed by atoms with E-state index in [0.29, 0.717) is 12.6 Å². The number of likely N-dealkylation sites (tertiary alicyclic amines) is 1. The van der Waals surface area contributed by atoms with E-state index in [9.17, 15) is 4.79 Å². The Morgan fingerprint density at radius 1 is 1.13 bits per heavy atom. The number of nitrogens with zero attached hydrogens (tertiary/aromatic N) is 5. The van der Waals surface area contributed by atoms with Gasteiger partial charge in [-0.25, -0.2) is 4.68 Å². The van der Waals surface area contributed by atoms with Gasteiger partial charge in [0, 0.05) is 38.1 Å². The Kier molecular flexibility index (Phi) is 6.82. The number of aromatic nitrogens is 4. The van der Waals surface area contributed by atoms with E-state index in [1.807, 2.05) is 30.3 Å². The molecule has 0 radical (unpaired) electrons. The highest BCUT2D eigenvalue weighted by Gasteiger charge is 2.22. The number of amides is 1. The molecule has 1 aliphatic rings. The van der Waals surface area contributed by atoms with Crippen LogP contribution in [0.15, 0.2) is 54.9 Å². The molecule has 156 valence electrons. The fraction of sp³-hybridized carbons (Fsp3) is 0.391. The van der Waals surface area contributed by atoms with E-state index in [4.69, 9.17) is 0 Å².